The summed E-state index contributed by atoms with van der Waals surface area (Å²) in [6.07, 6.45) is 0. The molecule has 39 heavy (non-hydrogen) atoms. The van der Waals surface area contributed by atoms with Crippen LogP contribution in [0, 0.1) is 0 Å². The number of thioether (sulfide) groups is 2. The number of hydrogen-bond donors (Lipinski definition) is 4. The second-order valence-electron chi connectivity index (χ2n) is 8.22. The third-order valence-corrected chi connectivity index (χ3v) is 7.60. The van der Waals surface area contributed by atoms with E-state index >= 15 is 0 Å². The van der Waals surface area contributed by atoms with Crippen LogP contribution in [0.25, 0.3) is 22.1 Å². The van der Waals surface area contributed by atoms with E-state index in [-0.39, 0.29) is 23.3 Å². The highest BCUT2D eigenvalue weighted by Crippen LogP contribution is 2.28. The van der Waals surface area contributed by atoms with Gasteiger partial charge in [0.15, 0.2) is 10.3 Å². The van der Waals surface area contributed by atoms with E-state index in [1.54, 1.807) is 32.4 Å². The average Bonchev–Trinajstić information content (AvgIpc) is 3.54. The number of imidazole rings is 2. The summed E-state index contributed by atoms with van der Waals surface area (Å²) < 4.78 is 10.4. The molecule has 2 aromatic heterocycles. The number of fused-ring (bicyclic) bond motifs is 2. The molecule has 2 amide bonds. The monoisotopic (exact) mass is 582 g/mol. The number of benzene rings is 3. The summed E-state index contributed by atoms with van der Waals surface area (Å²) in [5, 5.41) is 7.16. The van der Waals surface area contributed by atoms with Gasteiger partial charge in [0.2, 0.25) is 11.8 Å². The predicted octanol–water partition coefficient (Wildman–Crippen LogP) is 5.57. The highest BCUT2D eigenvalue weighted by atomic mass is 35.5. The fraction of sp³-hybridized carbons (Fsp3) is 0.154. The van der Waals surface area contributed by atoms with E-state index in [9.17, 15) is 9.59 Å². The number of anilines is 2. The molecule has 0 aliphatic carbocycles. The van der Waals surface area contributed by atoms with Crippen LogP contribution in [-0.2, 0) is 9.59 Å². The van der Waals surface area contributed by atoms with Crippen LogP contribution < -0.4 is 20.1 Å². The quantitative estimate of drug-likeness (QED) is 0.157. The lowest BCUT2D eigenvalue weighted by atomic mass is 10.2. The Balaban J connectivity index is 1.11. The molecule has 5 rings (SSSR count). The van der Waals surface area contributed by atoms with Gasteiger partial charge in [0.05, 0.1) is 58.5 Å². The number of carbonyl (C=O) groups excluding carboxylic acids is 2. The number of nitrogens with zero attached hydrogens (tertiary/aromatic N) is 2. The van der Waals surface area contributed by atoms with Crippen molar-refractivity contribution in [3.8, 4) is 11.5 Å². The molecule has 200 valence electrons. The number of carbonyl (C=O) groups is 2. The number of aromatic nitrogens is 4. The van der Waals surface area contributed by atoms with E-state index in [0.717, 1.165) is 33.6 Å². The summed E-state index contributed by atoms with van der Waals surface area (Å²) in [5.74, 6) is 1.28. The topological polar surface area (TPSA) is 134 Å². The minimum Gasteiger partial charge on any atom is -0.497 e. The molecular weight excluding hydrogens is 560 g/mol. The maximum atomic E-state index is 12.5. The maximum absolute atomic E-state index is 12.5. The number of rotatable bonds is 10. The van der Waals surface area contributed by atoms with Crippen molar-refractivity contribution in [1.82, 2.24) is 19.9 Å². The summed E-state index contributed by atoms with van der Waals surface area (Å²) in [6, 6.07) is 16.0. The molecule has 0 aliphatic heterocycles. The van der Waals surface area contributed by atoms with Crippen LogP contribution in [0.2, 0.25) is 5.02 Å². The van der Waals surface area contributed by atoms with Crippen LogP contribution in [0.5, 0.6) is 11.5 Å². The number of H-pyrrole nitrogens is 2. The second-order valence-corrected chi connectivity index (χ2v) is 10.6. The molecule has 0 saturated carbocycles. The number of ether oxygens (including phenoxy) is 2. The van der Waals surface area contributed by atoms with Crippen LogP contribution in [0.4, 0.5) is 11.4 Å². The first-order chi connectivity index (χ1) is 18.9. The van der Waals surface area contributed by atoms with Crippen molar-refractivity contribution in [1.29, 1.82) is 0 Å². The van der Waals surface area contributed by atoms with Crippen molar-refractivity contribution in [2.45, 2.75) is 10.3 Å². The Labute approximate surface area is 236 Å². The Morgan fingerprint density at radius 1 is 0.795 bits per heavy atom. The lowest BCUT2D eigenvalue weighted by Crippen LogP contribution is -2.16. The third-order valence-electron chi connectivity index (χ3n) is 5.54. The van der Waals surface area contributed by atoms with Crippen molar-refractivity contribution in [3.05, 3.63) is 59.6 Å². The van der Waals surface area contributed by atoms with Crippen LogP contribution >= 0.6 is 35.1 Å². The summed E-state index contributed by atoms with van der Waals surface area (Å²) >= 11 is 8.92. The fourth-order valence-electron chi connectivity index (χ4n) is 3.67. The molecule has 0 bridgehead atoms. The molecule has 0 spiro atoms. The number of aromatic amines is 2. The van der Waals surface area contributed by atoms with E-state index in [1.165, 1.54) is 23.5 Å². The van der Waals surface area contributed by atoms with Gasteiger partial charge in [-0.15, -0.1) is 0 Å². The molecule has 10 nitrogen and oxygen atoms in total. The first kappa shape index (κ1) is 26.7. The van der Waals surface area contributed by atoms with Crippen molar-refractivity contribution < 1.29 is 19.1 Å². The molecular formula is C26H23ClN6O4S2. The second kappa shape index (κ2) is 11.9. The number of hydrogen-bond acceptors (Lipinski definition) is 8. The van der Waals surface area contributed by atoms with Gasteiger partial charge in [0.25, 0.3) is 0 Å². The van der Waals surface area contributed by atoms with Gasteiger partial charge in [-0.3, -0.25) is 9.59 Å². The van der Waals surface area contributed by atoms with Crippen molar-refractivity contribution in [2.75, 3.05) is 36.4 Å². The summed E-state index contributed by atoms with van der Waals surface area (Å²) in [4.78, 5) is 40.3. The molecule has 0 aliphatic rings. The van der Waals surface area contributed by atoms with Crippen LogP contribution in [0.15, 0.2) is 64.9 Å². The molecule has 0 saturated heterocycles. The normalized spacial score (nSPS) is 11.1. The predicted molar refractivity (Wildman–Crippen MR) is 155 cm³/mol. The Kier molecular flexibility index (Phi) is 8.15. The Bertz CT molecular complexity index is 1670. The molecule has 5 aromatic rings. The van der Waals surface area contributed by atoms with Gasteiger partial charge in [-0.1, -0.05) is 35.1 Å². The third kappa shape index (κ3) is 6.59. The largest absolute Gasteiger partial charge is 0.497 e. The molecule has 0 unspecified atom stereocenters. The molecule has 0 atom stereocenters. The Hall–Kier alpha value is -3.87. The zero-order valence-corrected chi connectivity index (χ0v) is 23.2. The summed E-state index contributed by atoms with van der Waals surface area (Å²) in [6.45, 7) is 0. The van der Waals surface area contributed by atoms with Gasteiger partial charge in [-0.2, -0.15) is 0 Å². The zero-order valence-electron chi connectivity index (χ0n) is 20.8. The molecule has 13 heteroatoms. The number of amides is 2. The van der Waals surface area contributed by atoms with Crippen molar-refractivity contribution >= 4 is 80.4 Å². The summed E-state index contributed by atoms with van der Waals surface area (Å²) in [7, 11) is 3.20. The Morgan fingerprint density at radius 3 is 1.85 bits per heavy atom. The lowest BCUT2D eigenvalue weighted by Gasteiger charge is -2.10. The van der Waals surface area contributed by atoms with Gasteiger partial charge in [0.1, 0.15) is 11.5 Å². The van der Waals surface area contributed by atoms with Crippen LogP contribution in [-0.4, -0.2) is 57.5 Å². The molecule has 2 heterocycles. The molecule has 3 aromatic carbocycles. The van der Waals surface area contributed by atoms with E-state index in [1.807, 2.05) is 36.4 Å². The van der Waals surface area contributed by atoms with Gasteiger partial charge < -0.3 is 30.1 Å². The molecule has 4 N–H and O–H groups in total. The van der Waals surface area contributed by atoms with Gasteiger partial charge in [0, 0.05) is 17.8 Å². The number of methoxy groups -OCH3 is 2. The highest BCUT2D eigenvalue weighted by molar-refractivity contribution is 8.00. The van der Waals surface area contributed by atoms with E-state index in [0.29, 0.717) is 26.7 Å². The fourth-order valence-corrected chi connectivity index (χ4v) is 5.26. The first-order valence-electron chi connectivity index (χ1n) is 11.6. The number of nitrogens with one attached hydrogen (secondary N) is 4. The summed E-state index contributed by atoms with van der Waals surface area (Å²) in [5.41, 5.74) is 4.20. The van der Waals surface area contributed by atoms with Crippen LogP contribution in [0.1, 0.15) is 0 Å². The lowest BCUT2D eigenvalue weighted by molar-refractivity contribution is -0.114. The smallest absolute Gasteiger partial charge is 0.234 e. The van der Waals surface area contributed by atoms with Crippen molar-refractivity contribution in [3.63, 3.8) is 0 Å². The van der Waals surface area contributed by atoms with Crippen LogP contribution in [0.3, 0.4) is 0 Å². The Morgan fingerprint density at radius 2 is 1.33 bits per heavy atom. The maximum Gasteiger partial charge on any atom is 0.234 e. The molecule has 0 radical (unpaired) electrons. The zero-order chi connectivity index (χ0) is 27.4. The van der Waals surface area contributed by atoms with Gasteiger partial charge >= 0.3 is 0 Å². The standard InChI is InChI=1S/C26H23ClN6O4S2/c1-36-15-4-7-19-21(10-15)32-25(30-19)38-12-23(34)28-14-3-6-18(17(27)9-14)29-24(35)13-39-26-31-20-8-5-16(37-2)11-22(20)33-26/h3-11H,12-13H2,1-2H3,(H,28,34)(H,29,35)(H,30,32)(H,31,33). The average molecular weight is 583 g/mol. The van der Waals surface area contributed by atoms with E-state index < -0.39 is 0 Å². The van der Waals surface area contributed by atoms with Gasteiger partial charge in [-0.05, 0) is 42.5 Å². The SMILES string of the molecule is COc1ccc2nc(SCC(=O)Nc3ccc(NC(=O)CSc4nc5ccc(OC)cc5[nH]4)c(Cl)c3)[nH]c2c1. The minimum absolute atomic E-state index is 0.136. The van der Waals surface area contributed by atoms with E-state index in [4.69, 9.17) is 21.1 Å². The minimum atomic E-state index is -0.239. The first-order valence-corrected chi connectivity index (χ1v) is 14.0. The highest BCUT2D eigenvalue weighted by Gasteiger charge is 2.12. The molecule has 0 fully saturated rings. The van der Waals surface area contributed by atoms with Gasteiger partial charge in [-0.25, -0.2) is 9.97 Å². The van der Waals surface area contributed by atoms with Crippen molar-refractivity contribution in [2.24, 2.45) is 0 Å². The number of halogens is 1. The van der Waals surface area contributed by atoms with E-state index in [2.05, 4.69) is 30.6 Å².